The van der Waals surface area contributed by atoms with E-state index < -0.39 is 0 Å². The third kappa shape index (κ3) is 3.56. The lowest BCUT2D eigenvalue weighted by Crippen LogP contribution is -2.22. The van der Waals surface area contributed by atoms with Crippen LogP contribution >= 0.6 is 23.2 Å². The van der Waals surface area contributed by atoms with Gasteiger partial charge in [-0.2, -0.15) is 0 Å². The molecular formula is C11H13Cl2NO. The standard InChI is InChI=1S/C11H13Cl2NO/c12-8-1-4-11(10(13)7-8)15-6-5-14-9-2-3-9/h1,4,7,9,14H,2-3,5-6H2. The fourth-order valence-corrected chi connectivity index (χ4v) is 1.77. The van der Waals surface area contributed by atoms with Crippen LogP contribution in [-0.2, 0) is 0 Å². The molecule has 1 aliphatic carbocycles. The molecular weight excluding hydrogens is 233 g/mol. The van der Waals surface area contributed by atoms with Gasteiger partial charge in [0.15, 0.2) is 0 Å². The molecule has 0 atom stereocenters. The number of halogens is 2. The summed E-state index contributed by atoms with van der Waals surface area (Å²) in [5.74, 6) is 0.693. The first-order chi connectivity index (χ1) is 7.25. The highest BCUT2D eigenvalue weighted by Crippen LogP contribution is 2.27. The van der Waals surface area contributed by atoms with E-state index in [4.69, 9.17) is 27.9 Å². The molecule has 0 heterocycles. The summed E-state index contributed by atoms with van der Waals surface area (Å²) in [5, 5.41) is 4.56. The van der Waals surface area contributed by atoms with Crippen LogP contribution in [0, 0.1) is 0 Å². The van der Waals surface area contributed by atoms with Crippen molar-refractivity contribution in [3.8, 4) is 5.75 Å². The normalized spacial score (nSPS) is 15.3. The zero-order valence-electron chi connectivity index (χ0n) is 8.30. The van der Waals surface area contributed by atoms with E-state index in [-0.39, 0.29) is 0 Å². The molecule has 1 aliphatic rings. The summed E-state index contributed by atoms with van der Waals surface area (Å²) in [7, 11) is 0. The van der Waals surface area contributed by atoms with Crippen LogP contribution in [0.2, 0.25) is 10.0 Å². The van der Waals surface area contributed by atoms with Gasteiger partial charge < -0.3 is 10.1 Å². The van der Waals surface area contributed by atoms with E-state index >= 15 is 0 Å². The van der Waals surface area contributed by atoms with Crippen LogP contribution in [0.1, 0.15) is 12.8 Å². The molecule has 82 valence electrons. The summed E-state index contributed by atoms with van der Waals surface area (Å²) < 4.78 is 5.52. The van der Waals surface area contributed by atoms with E-state index in [0.29, 0.717) is 28.4 Å². The lowest BCUT2D eigenvalue weighted by atomic mass is 10.3. The molecule has 15 heavy (non-hydrogen) atoms. The van der Waals surface area contributed by atoms with Crippen LogP contribution in [-0.4, -0.2) is 19.2 Å². The minimum absolute atomic E-state index is 0.564. The molecule has 4 heteroatoms. The van der Waals surface area contributed by atoms with E-state index in [9.17, 15) is 0 Å². The van der Waals surface area contributed by atoms with Gasteiger partial charge in [0.25, 0.3) is 0 Å². The molecule has 0 aromatic heterocycles. The fraction of sp³-hybridized carbons (Fsp3) is 0.455. The first-order valence-electron chi connectivity index (χ1n) is 5.07. The number of rotatable bonds is 5. The fourth-order valence-electron chi connectivity index (χ4n) is 1.30. The summed E-state index contributed by atoms with van der Waals surface area (Å²) in [6.07, 6.45) is 2.59. The molecule has 0 amide bonds. The summed E-state index contributed by atoms with van der Waals surface area (Å²) in [4.78, 5) is 0. The molecule has 0 bridgehead atoms. The molecule has 0 radical (unpaired) electrons. The van der Waals surface area contributed by atoms with E-state index in [0.717, 1.165) is 6.54 Å². The topological polar surface area (TPSA) is 21.3 Å². The van der Waals surface area contributed by atoms with Gasteiger partial charge in [-0.3, -0.25) is 0 Å². The minimum Gasteiger partial charge on any atom is -0.491 e. The average Bonchev–Trinajstić information content (AvgIpc) is 2.99. The predicted molar refractivity (Wildman–Crippen MR) is 63.0 cm³/mol. The highest BCUT2D eigenvalue weighted by molar-refractivity contribution is 6.35. The molecule has 1 N–H and O–H groups in total. The number of ether oxygens (including phenoxy) is 1. The third-order valence-electron chi connectivity index (χ3n) is 2.26. The van der Waals surface area contributed by atoms with E-state index in [1.807, 2.05) is 0 Å². The number of nitrogens with one attached hydrogen (secondary N) is 1. The molecule has 0 saturated heterocycles. The van der Waals surface area contributed by atoms with Crippen LogP contribution in [0.25, 0.3) is 0 Å². The van der Waals surface area contributed by atoms with Gasteiger partial charge in [0.1, 0.15) is 12.4 Å². The van der Waals surface area contributed by atoms with Crippen molar-refractivity contribution in [1.82, 2.24) is 5.32 Å². The SMILES string of the molecule is Clc1ccc(OCCNC2CC2)c(Cl)c1. The van der Waals surface area contributed by atoms with E-state index in [1.165, 1.54) is 12.8 Å². The molecule has 1 saturated carbocycles. The van der Waals surface area contributed by atoms with Crippen molar-refractivity contribution in [3.05, 3.63) is 28.2 Å². The van der Waals surface area contributed by atoms with E-state index in [1.54, 1.807) is 18.2 Å². The second-order valence-electron chi connectivity index (χ2n) is 3.65. The summed E-state index contributed by atoms with van der Waals surface area (Å²) in [6, 6.07) is 5.97. The van der Waals surface area contributed by atoms with Gasteiger partial charge in [-0.05, 0) is 31.0 Å². The Morgan fingerprint density at radius 3 is 2.80 bits per heavy atom. The second kappa shape index (κ2) is 5.06. The Kier molecular flexibility index (Phi) is 3.73. The highest BCUT2D eigenvalue weighted by Gasteiger charge is 2.19. The highest BCUT2D eigenvalue weighted by atomic mass is 35.5. The first-order valence-corrected chi connectivity index (χ1v) is 5.82. The van der Waals surface area contributed by atoms with Crippen LogP contribution in [0.15, 0.2) is 18.2 Å². The van der Waals surface area contributed by atoms with Gasteiger partial charge >= 0.3 is 0 Å². The Morgan fingerprint density at radius 1 is 1.33 bits per heavy atom. The Balaban J connectivity index is 1.76. The number of hydrogen-bond acceptors (Lipinski definition) is 2. The maximum Gasteiger partial charge on any atom is 0.138 e. The zero-order valence-corrected chi connectivity index (χ0v) is 9.81. The summed E-state index contributed by atoms with van der Waals surface area (Å²) in [5.41, 5.74) is 0. The molecule has 1 aromatic carbocycles. The maximum atomic E-state index is 5.95. The predicted octanol–water partition coefficient (Wildman–Crippen LogP) is 3.12. The quantitative estimate of drug-likeness (QED) is 0.806. The summed E-state index contributed by atoms with van der Waals surface area (Å²) >= 11 is 11.7. The van der Waals surface area contributed by atoms with Crippen molar-refractivity contribution >= 4 is 23.2 Å². The van der Waals surface area contributed by atoms with Gasteiger partial charge in [-0.1, -0.05) is 23.2 Å². The van der Waals surface area contributed by atoms with Crippen molar-refractivity contribution in [1.29, 1.82) is 0 Å². The van der Waals surface area contributed by atoms with E-state index in [2.05, 4.69) is 5.32 Å². The maximum absolute atomic E-state index is 5.95. The van der Waals surface area contributed by atoms with Gasteiger partial charge in [0.2, 0.25) is 0 Å². The molecule has 0 unspecified atom stereocenters. The van der Waals surface area contributed by atoms with Crippen LogP contribution in [0.4, 0.5) is 0 Å². The number of hydrogen-bond donors (Lipinski definition) is 1. The molecule has 1 aromatic rings. The first kappa shape index (κ1) is 11.1. The molecule has 2 rings (SSSR count). The molecule has 2 nitrogen and oxygen atoms in total. The second-order valence-corrected chi connectivity index (χ2v) is 4.50. The summed E-state index contributed by atoms with van der Waals surface area (Å²) in [6.45, 7) is 1.50. The number of benzene rings is 1. The van der Waals surface area contributed by atoms with Gasteiger partial charge in [-0.25, -0.2) is 0 Å². The van der Waals surface area contributed by atoms with Gasteiger partial charge in [0.05, 0.1) is 5.02 Å². The van der Waals surface area contributed by atoms with Crippen molar-refractivity contribution in [2.75, 3.05) is 13.2 Å². The van der Waals surface area contributed by atoms with Crippen LogP contribution in [0.5, 0.6) is 5.75 Å². The lowest BCUT2D eigenvalue weighted by Gasteiger charge is -2.08. The van der Waals surface area contributed by atoms with Crippen molar-refractivity contribution < 1.29 is 4.74 Å². The minimum atomic E-state index is 0.564. The Bertz CT molecular complexity index is 339. The molecule has 0 aliphatic heterocycles. The third-order valence-corrected chi connectivity index (χ3v) is 2.79. The monoisotopic (exact) mass is 245 g/mol. The van der Waals surface area contributed by atoms with Crippen LogP contribution < -0.4 is 10.1 Å². The van der Waals surface area contributed by atoms with Gasteiger partial charge in [-0.15, -0.1) is 0 Å². The Morgan fingerprint density at radius 2 is 2.13 bits per heavy atom. The molecule has 0 spiro atoms. The van der Waals surface area contributed by atoms with Crippen LogP contribution in [0.3, 0.4) is 0 Å². The average molecular weight is 246 g/mol. The van der Waals surface area contributed by atoms with Crippen molar-refractivity contribution in [2.24, 2.45) is 0 Å². The zero-order chi connectivity index (χ0) is 10.7. The van der Waals surface area contributed by atoms with Crippen molar-refractivity contribution in [3.63, 3.8) is 0 Å². The largest absolute Gasteiger partial charge is 0.491 e. The molecule has 1 fully saturated rings. The Hall–Kier alpha value is -0.440. The lowest BCUT2D eigenvalue weighted by molar-refractivity contribution is 0.313. The smallest absolute Gasteiger partial charge is 0.138 e. The van der Waals surface area contributed by atoms with Crippen molar-refractivity contribution in [2.45, 2.75) is 18.9 Å². The van der Waals surface area contributed by atoms with Gasteiger partial charge in [0, 0.05) is 17.6 Å². The Labute approximate surface area is 99.5 Å².